The van der Waals surface area contributed by atoms with Crippen LogP contribution < -0.4 is 4.74 Å². The molecule has 0 aliphatic heterocycles. The van der Waals surface area contributed by atoms with Gasteiger partial charge in [-0.2, -0.15) is 0 Å². The van der Waals surface area contributed by atoms with E-state index in [1.165, 1.54) is 7.11 Å². The van der Waals surface area contributed by atoms with Gasteiger partial charge >= 0.3 is 5.97 Å². The highest BCUT2D eigenvalue weighted by Gasteiger charge is 2.12. The molecule has 0 radical (unpaired) electrons. The molecular formula is C19H21ClO3. The van der Waals surface area contributed by atoms with E-state index < -0.39 is 0 Å². The Hall–Kier alpha value is -2.00. The van der Waals surface area contributed by atoms with Crippen molar-refractivity contribution in [3.8, 4) is 5.75 Å². The molecule has 0 aliphatic carbocycles. The molecule has 0 saturated carbocycles. The summed E-state index contributed by atoms with van der Waals surface area (Å²) in [6.45, 7) is 6.40. The van der Waals surface area contributed by atoms with Crippen LogP contribution in [0.15, 0.2) is 30.3 Å². The molecule has 122 valence electrons. The van der Waals surface area contributed by atoms with Crippen LogP contribution in [0.1, 0.15) is 27.8 Å². The summed E-state index contributed by atoms with van der Waals surface area (Å²) in [7, 11) is 1.39. The number of carbonyl (C=O) groups is 1. The predicted molar refractivity (Wildman–Crippen MR) is 92.2 cm³/mol. The molecule has 3 nitrogen and oxygen atoms in total. The molecule has 0 bridgehead atoms. The van der Waals surface area contributed by atoms with Gasteiger partial charge in [0.25, 0.3) is 0 Å². The van der Waals surface area contributed by atoms with Crippen molar-refractivity contribution in [2.75, 3.05) is 7.11 Å². The molecule has 4 heteroatoms. The summed E-state index contributed by atoms with van der Waals surface area (Å²) < 4.78 is 10.7. The molecule has 0 heterocycles. The number of methoxy groups -OCH3 is 1. The first-order valence-corrected chi connectivity index (χ1v) is 7.84. The Labute approximate surface area is 142 Å². The first kappa shape index (κ1) is 17.4. The average Bonchev–Trinajstić information content (AvgIpc) is 2.51. The van der Waals surface area contributed by atoms with Crippen LogP contribution in [0.3, 0.4) is 0 Å². The molecule has 0 amide bonds. The Kier molecular flexibility index (Phi) is 5.67. The third kappa shape index (κ3) is 4.26. The largest absolute Gasteiger partial charge is 0.487 e. The Morgan fingerprint density at radius 2 is 1.78 bits per heavy atom. The third-order valence-electron chi connectivity index (χ3n) is 3.99. The maximum absolute atomic E-state index is 11.6. The number of aryl methyl sites for hydroxylation is 3. The van der Waals surface area contributed by atoms with Crippen LogP contribution in [0, 0.1) is 20.8 Å². The van der Waals surface area contributed by atoms with Gasteiger partial charge in [-0.05, 0) is 60.7 Å². The zero-order valence-electron chi connectivity index (χ0n) is 13.9. The molecule has 0 aliphatic rings. The smallest absolute Gasteiger partial charge is 0.309 e. The summed E-state index contributed by atoms with van der Waals surface area (Å²) in [6.07, 6.45) is 0.234. The molecular weight excluding hydrogens is 312 g/mol. The molecule has 23 heavy (non-hydrogen) atoms. The maximum atomic E-state index is 11.6. The number of esters is 1. The summed E-state index contributed by atoms with van der Waals surface area (Å²) in [6, 6.07) is 9.70. The number of rotatable bonds is 5. The van der Waals surface area contributed by atoms with Gasteiger partial charge in [0.1, 0.15) is 12.4 Å². The van der Waals surface area contributed by atoms with Crippen molar-refractivity contribution >= 4 is 17.6 Å². The molecule has 0 unspecified atom stereocenters. The summed E-state index contributed by atoms with van der Waals surface area (Å²) in [5.41, 5.74) is 5.24. The fourth-order valence-electron chi connectivity index (χ4n) is 2.38. The van der Waals surface area contributed by atoms with E-state index >= 15 is 0 Å². The van der Waals surface area contributed by atoms with Gasteiger partial charge in [-0.1, -0.05) is 29.8 Å². The van der Waals surface area contributed by atoms with Crippen molar-refractivity contribution in [2.24, 2.45) is 0 Å². The van der Waals surface area contributed by atoms with Crippen molar-refractivity contribution in [1.82, 2.24) is 0 Å². The van der Waals surface area contributed by atoms with Gasteiger partial charge in [0, 0.05) is 0 Å². The van der Waals surface area contributed by atoms with Crippen molar-refractivity contribution in [1.29, 1.82) is 0 Å². The molecule has 0 atom stereocenters. The quantitative estimate of drug-likeness (QED) is 0.753. The minimum absolute atomic E-state index is 0.234. The van der Waals surface area contributed by atoms with E-state index in [9.17, 15) is 4.79 Å². The topological polar surface area (TPSA) is 35.5 Å². The fraction of sp³-hybridized carbons (Fsp3) is 0.316. The third-order valence-corrected chi connectivity index (χ3v) is 4.29. The highest BCUT2D eigenvalue weighted by molar-refractivity contribution is 6.32. The van der Waals surface area contributed by atoms with Crippen LogP contribution in [0.25, 0.3) is 0 Å². The zero-order chi connectivity index (χ0) is 17.0. The summed E-state index contributed by atoms with van der Waals surface area (Å²) in [4.78, 5) is 11.6. The van der Waals surface area contributed by atoms with Gasteiger partial charge in [0.05, 0.1) is 18.6 Å². The van der Waals surface area contributed by atoms with Crippen molar-refractivity contribution < 1.29 is 14.3 Å². The Morgan fingerprint density at radius 1 is 1.09 bits per heavy atom. The standard InChI is InChI=1S/C19H21ClO3/c1-12-6-5-7-15(10-19(21)22-4)16(12)11-23-18-9-14(3)13(2)8-17(18)20/h5-9H,10-11H2,1-4H3. The molecule has 0 N–H and O–H groups in total. The average molecular weight is 333 g/mol. The van der Waals surface area contributed by atoms with E-state index in [-0.39, 0.29) is 12.4 Å². The van der Waals surface area contributed by atoms with E-state index in [1.54, 1.807) is 0 Å². The number of benzene rings is 2. The molecule has 0 spiro atoms. The Bertz CT molecular complexity index is 723. The van der Waals surface area contributed by atoms with Crippen molar-refractivity contribution in [3.63, 3.8) is 0 Å². The Morgan fingerprint density at radius 3 is 2.48 bits per heavy atom. The molecule has 0 saturated heterocycles. The van der Waals surface area contributed by atoms with Gasteiger partial charge in [-0.25, -0.2) is 0 Å². The van der Waals surface area contributed by atoms with Gasteiger partial charge in [0.15, 0.2) is 0 Å². The minimum Gasteiger partial charge on any atom is -0.487 e. The second-order valence-electron chi connectivity index (χ2n) is 5.62. The molecule has 0 aromatic heterocycles. The summed E-state index contributed by atoms with van der Waals surface area (Å²) in [5.74, 6) is 0.392. The Balaban J connectivity index is 2.23. The maximum Gasteiger partial charge on any atom is 0.309 e. The number of hydrogen-bond donors (Lipinski definition) is 0. The lowest BCUT2D eigenvalue weighted by molar-refractivity contribution is -0.139. The van der Waals surface area contributed by atoms with Crippen LogP contribution in [0.4, 0.5) is 0 Å². The van der Waals surface area contributed by atoms with E-state index in [4.69, 9.17) is 21.1 Å². The first-order chi connectivity index (χ1) is 10.9. The van der Waals surface area contributed by atoms with Crippen LogP contribution in [-0.2, 0) is 22.6 Å². The first-order valence-electron chi connectivity index (χ1n) is 7.46. The van der Waals surface area contributed by atoms with Crippen LogP contribution in [0.5, 0.6) is 5.75 Å². The van der Waals surface area contributed by atoms with Gasteiger partial charge < -0.3 is 9.47 Å². The van der Waals surface area contributed by atoms with Crippen molar-refractivity contribution in [2.45, 2.75) is 33.8 Å². The number of halogens is 1. The number of ether oxygens (including phenoxy) is 2. The molecule has 2 aromatic rings. The van der Waals surface area contributed by atoms with Crippen LogP contribution >= 0.6 is 11.6 Å². The lowest BCUT2D eigenvalue weighted by Crippen LogP contribution is -2.09. The second-order valence-corrected chi connectivity index (χ2v) is 6.03. The predicted octanol–water partition coefficient (Wildman–Crippen LogP) is 4.56. The van der Waals surface area contributed by atoms with E-state index in [0.717, 1.165) is 27.8 Å². The fourth-order valence-corrected chi connectivity index (χ4v) is 2.65. The monoisotopic (exact) mass is 332 g/mol. The van der Waals surface area contributed by atoms with Gasteiger partial charge in [0.2, 0.25) is 0 Å². The zero-order valence-corrected chi connectivity index (χ0v) is 14.7. The van der Waals surface area contributed by atoms with E-state index in [0.29, 0.717) is 17.4 Å². The lowest BCUT2D eigenvalue weighted by Gasteiger charge is -2.15. The molecule has 2 aromatic carbocycles. The molecule has 0 fully saturated rings. The van der Waals surface area contributed by atoms with Crippen LogP contribution in [0.2, 0.25) is 5.02 Å². The van der Waals surface area contributed by atoms with Gasteiger partial charge in [-0.3, -0.25) is 4.79 Å². The highest BCUT2D eigenvalue weighted by Crippen LogP contribution is 2.29. The highest BCUT2D eigenvalue weighted by atomic mass is 35.5. The normalized spacial score (nSPS) is 10.5. The van der Waals surface area contributed by atoms with E-state index in [2.05, 4.69) is 0 Å². The number of hydrogen-bond acceptors (Lipinski definition) is 3. The van der Waals surface area contributed by atoms with E-state index in [1.807, 2.05) is 51.1 Å². The molecule has 2 rings (SSSR count). The summed E-state index contributed by atoms with van der Waals surface area (Å²) in [5, 5.41) is 0.594. The summed E-state index contributed by atoms with van der Waals surface area (Å²) >= 11 is 6.25. The number of carbonyl (C=O) groups excluding carboxylic acids is 1. The minimum atomic E-state index is -0.263. The van der Waals surface area contributed by atoms with Gasteiger partial charge in [-0.15, -0.1) is 0 Å². The van der Waals surface area contributed by atoms with Crippen LogP contribution in [-0.4, -0.2) is 13.1 Å². The lowest BCUT2D eigenvalue weighted by atomic mass is 10.00. The SMILES string of the molecule is COC(=O)Cc1cccc(C)c1COc1cc(C)c(C)cc1Cl. The van der Waals surface area contributed by atoms with Crippen molar-refractivity contribution in [3.05, 3.63) is 63.2 Å². The second kappa shape index (κ2) is 7.51.